The molecule has 0 aliphatic heterocycles. The number of hydrogen-bond acceptors (Lipinski definition) is 7. The molecule has 0 aliphatic rings. The van der Waals surface area contributed by atoms with Gasteiger partial charge in [0.05, 0.1) is 16.7 Å². The summed E-state index contributed by atoms with van der Waals surface area (Å²) in [5.41, 5.74) is 4.66. The summed E-state index contributed by atoms with van der Waals surface area (Å²) in [4.78, 5) is 35.2. The summed E-state index contributed by atoms with van der Waals surface area (Å²) in [6.07, 6.45) is 2.31. The van der Waals surface area contributed by atoms with Crippen molar-refractivity contribution in [3.05, 3.63) is 53.5 Å². The number of hydrazine groups is 1. The van der Waals surface area contributed by atoms with Gasteiger partial charge in [-0.2, -0.15) is 0 Å². The van der Waals surface area contributed by atoms with Crippen LogP contribution in [0.25, 0.3) is 0 Å². The number of amides is 2. The van der Waals surface area contributed by atoms with E-state index >= 15 is 0 Å². The summed E-state index contributed by atoms with van der Waals surface area (Å²) in [5.74, 6) is -2.32. The van der Waals surface area contributed by atoms with Crippen LogP contribution in [0.2, 0.25) is 0 Å². The number of furan rings is 1. The first-order valence-corrected chi connectivity index (χ1v) is 9.18. The van der Waals surface area contributed by atoms with Crippen LogP contribution in [0.5, 0.6) is 0 Å². The Morgan fingerprint density at radius 2 is 1.88 bits per heavy atom. The van der Waals surface area contributed by atoms with E-state index in [1.165, 1.54) is 36.6 Å². The first kappa shape index (κ1) is 19.2. The molecule has 0 radical (unpaired) electrons. The van der Waals surface area contributed by atoms with E-state index in [2.05, 4.69) is 10.9 Å². The smallest absolute Gasteiger partial charge is 0.338 e. The molecule has 0 unspecified atom stereocenters. The highest BCUT2D eigenvalue weighted by Gasteiger charge is 2.17. The van der Waals surface area contributed by atoms with Crippen molar-refractivity contribution in [2.75, 3.05) is 12.9 Å². The zero-order valence-corrected chi connectivity index (χ0v) is 14.8. The van der Waals surface area contributed by atoms with Gasteiger partial charge in [0.15, 0.2) is 22.2 Å². The molecule has 2 N–H and O–H groups in total. The first-order valence-electron chi connectivity index (χ1n) is 7.29. The van der Waals surface area contributed by atoms with Gasteiger partial charge in [-0.15, -0.1) is 0 Å². The number of carbonyl (C=O) groups is 3. The van der Waals surface area contributed by atoms with Gasteiger partial charge in [0.25, 0.3) is 5.91 Å². The van der Waals surface area contributed by atoms with Crippen LogP contribution < -0.4 is 10.9 Å². The number of ether oxygens (including phenoxy) is 1. The van der Waals surface area contributed by atoms with E-state index in [-0.39, 0.29) is 16.2 Å². The molecule has 0 saturated heterocycles. The van der Waals surface area contributed by atoms with Crippen molar-refractivity contribution in [2.24, 2.45) is 0 Å². The van der Waals surface area contributed by atoms with Gasteiger partial charge >= 0.3 is 11.9 Å². The SMILES string of the molecule is Cc1ccc(S(C)(=O)=O)cc1C(=O)OCC(=O)NNC(=O)c1ccco1. The van der Waals surface area contributed by atoms with Gasteiger partial charge in [0.1, 0.15) is 0 Å². The fourth-order valence-electron chi connectivity index (χ4n) is 1.89. The summed E-state index contributed by atoms with van der Waals surface area (Å²) >= 11 is 0. The van der Waals surface area contributed by atoms with Crippen molar-refractivity contribution in [3.63, 3.8) is 0 Å². The van der Waals surface area contributed by atoms with Gasteiger partial charge in [-0.1, -0.05) is 6.07 Å². The molecule has 2 amide bonds. The van der Waals surface area contributed by atoms with Crippen LogP contribution in [-0.2, 0) is 19.4 Å². The number of benzene rings is 1. The second-order valence-electron chi connectivity index (χ2n) is 5.30. The Morgan fingerprint density at radius 3 is 2.50 bits per heavy atom. The summed E-state index contributed by atoms with van der Waals surface area (Å²) < 4.78 is 32.8. The van der Waals surface area contributed by atoms with E-state index < -0.39 is 34.2 Å². The number of nitrogens with one attached hydrogen (secondary N) is 2. The summed E-state index contributed by atoms with van der Waals surface area (Å²) in [6, 6.07) is 6.93. The van der Waals surface area contributed by atoms with Gasteiger partial charge < -0.3 is 9.15 Å². The number of rotatable bonds is 5. The van der Waals surface area contributed by atoms with E-state index in [4.69, 9.17) is 9.15 Å². The monoisotopic (exact) mass is 380 g/mol. The van der Waals surface area contributed by atoms with Crippen LogP contribution in [0.3, 0.4) is 0 Å². The molecule has 0 spiro atoms. The average molecular weight is 380 g/mol. The van der Waals surface area contributed by atoms with Crippen LogP contribution in [0.1, 0.15) is 26.5 Å². The third kappa shape index (κ3) is 4.93. The molecule has 138 valence electrons. The van der Waals surface area contributed by atoms with Crippen molar-refractivity contribution < 1.29 is 32.0 Å². The number of carbonyl (C=O) groups excluding carboxylic acids is 3. The Bertz CT molecular complexity index is 934. The van der Waals surface area contributed by atoms with Crippen LogP contribution in [0.4, 0.5) is 0 Å². The van der Waals surface area contributed by atoms with E-state index in [0.717, 1.165) is 6.26 Å². The summed E-state index contributed by atoms with van der Waals surface area (Å²) in [7, 11) is -3.49. The van der Waals surface area contributed by atoms with Crippen molar-refractivity contribution >= 4 is 27.6 Å². The number of esters is 1. The van der Waals surface area contributed by atoms with Gasteiger partial charge in [-0.3, -0.25) is 20.4 Å². The summed E-state index contributed by atoms with van der Waals surface area (Å²) in [5, 5.41) is 0. The van der Waals surface area contributed by atoms with Gasteiger partial charge in [-0.25, -0.2) is 13.2 Å². The third-order valence-electron chi connectivity index (χ3n) is 3.25. The van der Waals surface area contributed by atoms with Crippen LogP contribution in [0, 0.1) is 6.92 Å². The lowest BCUT2D eigenvalue weighted by molar-refractivity contribution is -0.125. The molecule has 0 aliphatic carbocycles. The second kappa shape index (κ2) is 7.83. The largest absolute Gasteiger partial charge is 0.459 e. The fourth-order valence-corrected chi connectivity index (χ4v) is 2.54. The van der Waals surface area contributed by atoms with Gasteiger partial charge in [0.2, 0.25) is 0 Å². The molecule has 0 atom stereocenters. The highest BCUT2D eigenvalue weighted by molar-refractivity contribution is 7.90. The molecule has 2 aromatic rings. The maximum Gasteiger partial charge on any atom is 0.338 e. The van der Waals surface area contributed by atoms with E-state index in [1.807, 2.05) is 0 Å². The molecule has 0 fully saturated rings. The predicted molar refractivity (Wildman–Crippen MR) is 88.9 cm³/mol. The standard InChI is InChI=1S/C16H16N2O7S/c1-10-5-6-11(26(2,22)23)8-12(10)16(21)25-9-14(19)17-18-15(20)13-4-3-7-24-13/h3-8H,9H2,1-2H3,(H,17,19)(H,18,20). The average Bonchev–Trinajstić information content (AvgIpc) is 3.11. The Hall–Kier alpha value is -3.14. The molecule has 1 aromatic carbocycles. The van der Waals surface area contributed by atoms with Gasteiger partial charge in [0, 0.05) is 6.26 Å². The Morgan fingerprint density at radius 1 is 1.15 bits per heavy atom. The third-order valence-corrected chi connectivity index (χ3v) is 4.36. The Labute approximate surface area is 149 Å². The fraction of sp³-hybridized carbons (Fsp3) is 0.188. The lowest BCUT2D eigenvalue weighted by atomic mass is 10.1. The normalized spacial score (nSPS) is 10.8. The molecule has 0 bridgehead atoms. The zero-order valence-electron chi connectivity index (χ0n) is 13.9. The molecule has 1 aromatic heterocycles. The minimum Gasteiger partial charge on any atom is -0.459 e. The maximum absolute atomic E-state index is 12.1. The predicted octanol–water partition coefficient (Wildman–Crippen LogP) is 0.610. The second-order valence-corrected chi connectivity index (χ2v) is 7.32. The highest BCUT2D eigenvalue weighted by Crippen LogP contribution is 2.16. The molecule has 0 saturated carbocycles. The van der Waals surface area contributed by atoms with Crippen LogP contribution >= 0.6 is 0 Å². The molecule has 9 nitrogen and oxygen atoms in total. The van der Waals surface area contributed by atoms with Crippen LogP contribution in [-0.4, -0.2) is 39.1 Å². The molecule has 1 heterocycles. The molecular formula is C16H16N2O7S. The van der Waals surface area contributed by atoms with E-state index in [0.29, 0.717) is 5.56 Å². The van der Waals surface area contributed by atoms with Gasteiger partial charge in [-0.05, 0) is 36.8 Å². The van der Waals surface area contributed by atoms with Crippen molar-refractivity contribution in [2.45, 2.75) is 11.8 Å². The van der Waals surface area contributed by atoms with Crippen molar-refractivity contribution in [1.82, 2.24) is 10.9 Å². The maximum atomic E-state index is 12.1. The number of sulfone groups is 1. The first-order chi connectivity index (χ1) is 12.2. The zero-order chi connectivity index (χ0) is 19.3. The molecule has 10 heteroatoms. The Balaban J connectivity index is 1.92. The lowest BCUT2D eigenvalue weighted by Gasteiger charge is -2.09. The summed E-state index contributed by atoms with van der Waals surface area (Å²) in [6.45, 7) is 0.937. The lowest BCUT2D eigenvalue weighted by Crippen LogP contribution is -2.43. The number of hydrogen-bond donors (Lipinski definition) is 2. The minimum absolute atomic E-state index is 0.00416. The highest BCUT2D eigenvalue weighted by atomic mass is 32.2. The molecular weight excluding hydrogens is 364 g/mol. The molecule has 26 heavy (non-hydrogen) atoms. The van der Waals surface area contributed by atoms with E-state index in [9.17, 15) is 22.8 Å². The van der Waals surface area contributed by atoms with E-state index in [1.54, 1.807) is 6.92 Å². The topological polar surface area (TPSA) is 132 Å². The minimum atomic E-state index is -3.49. The van der Waals surface area contributed by atoms with Crippen LogP contribution in [0.15, 0.2) is 45.9 Å². The Kier molecular flexibility index (Phi) is 5.78. The molecule has 2 rings (SSSR count). The van der Waals surface area contributed by atoms with Crippen molar-refractivity contribution in [3.8, 4) is 0 Å². The number of aryl methyl sites for hydroxylation is 1. The van der Waals surface area contributed by atoms with Crippen molar-refractivity contribution in [1.29, 1.82) is 0 Å². The quantitative estimate of drug-likeness (QED) is 0.574.